The molecule has 1 aromatic carbocycles. The van der Waals surface area contributed by atoms with Crippen molar-refractivity contribution in [3.63, 3.8) is 0 Å². The molecule has 2 aromatic rings. The molecule has 10 heteroatoms. The molecule has 9 nitrogen and oxygen atoms in total. The van der Waals surface area contributed by atoms with Gasteiger partial charge in [-0.25, -0.2) is 15.3 Å². The fourth-order valence-electron chi connectivity index (χ4n) is 1.61. The molecular formula is C13H12BrN5O4. The first-order valence-corrected chi connectivity index (χ1v) is 7.23. The molecule has 0 bridgehead atoms. The van der Waals surface area contributed by atoms with E-state index < -0.39 is 17.2 Å². The standard InChI is InChI=1S/C13H12BrN5O4/c14-8-5-7(1-3-10(8)20)6-15-18-11(21)4-2-9-12(22)16-13(23)19-17-9/h1,3,5-6,20H,2,4H2,(H,18,21)(H2,16,19,22,23)/b15-6+. The third kappa shape index (κ3) is 4.88. The molecule has 1 amide bonds. The number of carbonyl (C=O) groups excluding carboxylic acids is 1. The van der Waals surface area contributed by atoms with Gasteiger partial charge in [0.15, 0.2) is 0 Å². The lowest BCUT2D eigenvalue weighted by Crippen LogP contribution is -2.28. The lowest BCUT2D eigenvalue weighted by atomic mass is 10.2. The van der Waals surface area contributed by atoms with Gasteiger partial charge in [-0.1, -0.05) is 0 Å². The van der Waals surface area contributed by atoms with Gasteiger partial charge in [-0.3, -0.25) is 14.6 Å². The van der Waals surface area contributed by atoms with Gasteiger partial charge < -0.3 is 5.11 Å². The topological polar surface area (TPSA) is 140 Å². The van der Waals surface area contributed by atoms with E-state index in [1.165, 1.54) is 12.3 Å². The molecule has 0 saturated carbocycles. The predicted molar refractivity (Wildman–Crippen MR) is 85.3 cm³/mol. The van der Waals surface area contributed by atoms with Crippen LogP contribution >= 0.6 is 15.9 Å². The van der Waals surface area contributed by atoms with Gasteiger partial charge in [0, 0.05) is 12.8 Å². The molecule has 0 unspecified atom stereocenters. The molecule has 0 spiro atoms. The number of aryl methyl sites for hydroxylation is 1. The van der Waals surface area contributed by atoms with Crippen molar-refractivity contribution >= 4 is 28.1 Å². The molecule has 23 heavy (non-hydrogen) atoms. The number of hydrogen-bond acceptors (Lipinski definition) is 6. The average molecular weight is 382 g/mol. The van der Waals surface area contributed by atoms with E-state index in [0.29, 0.717) is 10.0 Å². The lowest BCUT2D eigenvalue weighted by molar-refractivity contribution is -0.121. The summed E-state index contributed by atoms with van der Waals surface area (Å²) in [7, 11) is 0. The van der Waals surface area contributed by atoms with E-state index in [2.05, 4.69) is 36.7 Å². The number of phenolic OH excluding ortho intramolecular Hbond substituents is 1. The van der Waals surface area contributed by atoms with E-state index in [4.69, 9.17) is 0 Å². The van der Waals surface area contributed by atoms with E-state index in [1.54, 1.807) is 12.1 Å². The number of aromatic amines is 2. The number of H-pyrrole nitrogens is 2. The third-order valence-electron chi connectivity index (χ3n) is 2.75. The van der Waals surface area contributed by atoms with Gasteiger partial charge in [0.05, 0.1) is 10.7 Å². The fourth-order valence-corrected chi connectivity index (χ4v) is 2.01. The number of aromatic nitrogens is 3. The molecule has 0 fully saturated rings. The normalized spacial score (nSPS) is 10.8. The summed E-state index contributed by atoms with van der Waals surface area (Å²) in [6, 6.07) is 4.75. The van der Waals surface area contributed by atoms with Crippen molar-refractivity contribution in [3.05, 3.63) is 54.8 Å². The van der Waals surface area contributed by atoms with Gasteiger partial charge in [0.2, 0.25) is 5.91 Å². The summed E-state index contributed by atoms with van der Waals surface area (Å²) in [5, 5.41) is 18.8. The Balaban J connectivity index is 1.87. The number of nitrogens with one attached hydrogen (secondary N) is 3. The lowest BCUT2D eigenvalue weighted by Gasteiger charge is -2.00. The number of amides is 1. The maximum Gasteiger partial charge on any atom is 0.342 e. The van der Waals surface area contributed by atoms with Crippen LogP contribution in [0.25, 0.3) is 0 Å². The summed E-state index contributed by atoms with van der Waals surface area (Å²) in [6.45, 7) is 0. The van der Waals surface area contributed by atoms with Crippen molar-refractivity contribution in [3.8, 4) is 5.75 Å². The Labute approximate surface area is 137 Å². The van der Waals surface area contributed by atoms with Crippen molar-refractivity contribution in [1.29, 1.82) is 0 Å². The Morgan fingerprint density at radius 1 is 1.43 bits per heavy atom. The SMILES string of the molecule is O=C(CCc1n[nH]c(=O)[nH]c1=O)N/N=C/c1ccc(O)c(Br)c1. The second-order valence-electron chi connectivity index (χ2n) is 4.46. The van der Waals surface area contributed by atoms with Crippen molar-refractivity contribution in [2.75, 3.05) is 0 Å². The van der Waals surface area contributed by atoms with Crippen LogP contribution in [0.2, 0.25) is 0 Å². The Morgan fingerprint density at radius 2 is 2.22 bits per heavy atom. The first-order chi connectivity index (χ1) is 11.0. The van der Waals surface area contributed by atoms with E-state index in [1.807, 2.05) is 4.98 Å². The van der Waals surface area contributed by atoms with Crippen molar-refractivity contribution in [2.24, 2.45) is 5.10 Å². The van der Waals surface area contributed by atoms with Crippen LogP contribution in [0, 0.1) is 0 Å². The maximum absolute atomic E-state index is 11.6. The number of carbonyl (C=O) groups is 1. The first-order valence-electron chi connectivity index (χ1n) is 6.44. The predicted octanol–water partition coefficient (Wildman–Crippen LogP) is 0.00920. The summed E-state index contributed by atoms with van der Waals surface area (Å²) in [5.41, 5.74) is 1.72. The number of aromatic hydroxyl groups is 1. The molecule has 1 aromatic heterocycles. The largest absolute Gasteiger partial charge is 0.507 e. The molecule has 120 valence electrons. The molecule has 0 radical (unpaired) electrons. The van der Waals surface area contributed by atoms with E-state index in [9.17, 15) is 19.5 Å². The summed E-state index contributed by atoms with van der Waals surface area (Å²) >= 11 is 3.17. The number of halogens is 1. The highest BCUT2D eigenvalue weighted by Gasteiger charge is 2.06. The van der Waals surface area contributed by atoms with Gasteiger partial charge in [-0.2, -0.15) is 10.2 Å². The number of hydrazone groups is 1. The first kappa shape index (κ1) is 16.6. The number of hydrogen-bond donors (Lipinski definition) is 4. The zero-order chi connectivity index (χ0) is 16.8. The Kier molecular flexibility index (Phi) is 5.41. The summed E-state index contributed by atoms with van der Waals surface area (Å²) in [6.07, 6.45) is 1.46. The second-order valence-corrected chi connectivity index (χ2v) is 5.31. The molecule has 4 N–H and O–H groups in total. The monoisotopic (exact) mass is 381 g/mol. The smallest absolute Gasteiger partial charge is 0.342 e. The van der Waals surface area contributed by atoms with Crippen LogP contribution in [0.5, 0.6) is 5.75 Å². The average Bonchev–Trinajstić information content (AvgIpc) is 2.50. The van der Waals surface area contributed by atoms with Gasteiger partial charge in [-0.15, -0.1) is 0 Å². The summed E-state index contributed by atoms with van der Waals surface area (Å²) in [5.74, 6) is -0.309. The minimum absolute atomic E-state index is 0.0151. The molecule has 0 saturated heterocycles. The van der Waals surface area contributed by atoms with Crippen LogP contribution in [0.3, 0.4) is 0 Å². The Hall–Kier alpha value is -2.75. The van der Waals surface area contributed by atoms with Crippen LogP contribution < -0.4 is 16.7 Å². The number of nitrogens with zero attached hydrogens (tertiary/aromatic N) is 2. The molecular weight excluding hydrogens is 370 g/mol. The minimum Gasteiger partial charge on any atom is -0.507 e. The molecule has 2 rings (SSSR count). The molecule has 0 aliphatic rings. The molecule has 0 aliphatic heterocycles. The number of phenols is 1. The highest BCUT2D eigenvalue weighted by molar-refractivity contribution is 9.10. The van der Waals surface area contributed by atoms with E-state index >= 15 is 0 Å². The molecule has 0 atom stereocenters. The van der Waals surface area contributed by atoms with E-state index in [-0.39, 0.29) is 24.3 Å². The Morgan fingerprint density at radius 3 is 2.91 bits per heavy atom. The zero-order valence-electron chi connectivity index (χ0n) is 11.7. The third-order valence-corrected chi connectivity index (χ3v) is 3.38. The maximum atomic E-state index is 11.6. The number of rotatable bonds is 5. The number of benzene rings is 1. The minimum atomic E-state index is -0.701. The van der Waals surface area contributed by atoms with Crippen molar-refractivity contribution in [1.82, 2.24) is 20.6 Å². The molecule has 1 heterocycles. The van der Waals surface area contributed by atoms with Gasteiger partial charge in [0.1, 0.15) is 11.4 Å². The van der Waals surface area contributed by atoms with Crippen LogP contribution in [0.1, 0.15) is 17.7 Å². The highest BCUT2D eigenvalue weighted by atomic mass is 79.9. The van der Waals surface area contributed by atoms with Gasteiger partial charge in [-0.05, 0) is 39.7 Å². The second kappa shape index (κ2) is 7.49. The highest BCUT2D eigenvalue weighted by Crippen LogP contribution is 2.23. The van der Waals surface area contributed by atoms with Gasteiger partial charge in [0.25, 0.3) is 5.56 Å². The van der Waals surface area contributed by atoms with Crippen molar-refractivity contribution in [2.45, 2.75) is 12.8 Å². The van der Waals surface area contributed by atoms with Crippen LogP contribution in [0.4, 0.5) is 0 Å². The molecule has 0 aliphatic carbocycles. The van der Waals surface area contributed by atoms with Crippen LogP contribution in [0.15, 0.2) is 37.4 Å². The summed E-state index contributed by atoms with van der Waals surface area (Å²) in [4.78, 5) is 35.8. The quantitative estimate of drug-likeness (QED) is 0.426. The Bertz CT molecular complexity index is 858. The van der Waals surface area contributed by atoms with E-state index in [0.717, 1.165) is 0 Å². The van der Waals surface area contributed by atoms with Gasteiger partial charge >= 0.3 is 5.69 Å². The van der Waals surface area contributed by atoms with Crippen LogP contribution in [-0.2, 0) is 11.2 Å². The summed E-state index contributed by atoms with van der Waals surface area (Å²) < 4.78 is 0.510. The fraction of sp³-hybridized carbons (Fsp3) is 0.154. The van der Waals surface area contributed by atoms with Crippen molar-refractivity contribution < 1.29 is 9.90 Å². The zero-order valence-corrected chi connectivity index (χ0v) is 13.3. The van der Waals surface area contributed by atoms with Crippen LogP contribution in [-0.4, -0.2) is 32.4 Å².